The average Bonchev–Trinajstić information content (AvgIpc) is 3.29. The van der Waals surface area contributed by atoms with Crippen LogP contribution in [-0.2, 0) is 9.59 Å². The lowest BCUT2D eigenvalue weighted by molar-refractivity contribution is -0.132. The van der Waals surface area contributed by atoms with Crippen LogP contribution in [0.15, 0.2) is 64.7 Å². The Kier molecular flexibility index (Phi) is 5.57. The van der Waals surface area contributed by atoms with E-state index >= 15 is 0 Å². The average molecular weight is 432 g/mol. The van der Waals surface area contributed by atoms with Gasteiger partial charge in [-0.1, -0.05) is 35.0 Å². The maximum atomic E-state index is 13.1. The molecular weight excluding hydrogens is 408 g/mol. The Morgan fingerprint density at radius 3 is 2.28 bits per heavy atom. The van der Waals surface area contributed by atoms with E-state index in [9.17, 15) is 14.7 Å². The van der Waals surface area contributed by atoms with Gasteiger partial charge in [-0.05, 0) is 57.5 Å². The van der Waals surface area contributed by atoms with E-state index in [2.05, 4.69) is 5.16 Å². The minimum absolute atomic E-state index is 0.00275. The fourth-order valence-corrected chi connectivity index (χ4v) is 3.72. The monoisotopic (exact) mass is 432 g/mol. The van der Waals surface area contributed by atoms with E-state index in [0.717, 1.165) is 5.56 Å². The van der Waals surface area contributed by atoms with Crippen molar-refractivity contribution < 1.29 is 24.0 Å². The lowest BCUT2D eigenvalue weighted by Crippen LogP contribution is -2.29. The van der Waals surface area contributed by atoms with Gasteiger partial charge < -0.3 is 14.4 Å². The van der Waals surface area contributed by atoms with Crippen molar-refractivity contribution in [1.29, 1.82) is 0 Å². The van der Waals surface area contributed by atoms with Gasteiger partial charge in [-0.3, -0.25) is 14.5 Å². The molecule has 2 aromatic carbocycles. The molecule has 1 aliphatic heterocycles. The normalized spacial score (nSPS) is 17.9. The number of carbonyl (C=O) groups is 2. The van der Waals surface area contributed by atoms with Crippen LogP contribution in [0.2, 0.25) is 0 Å². The molecule has 3 aromatic rings. The van der Waals surface area contributed by atoms with Crippen molar-refractivity contribution in [2.45, 2.75) is 39.8 Å². The van der Waals surface area contributed by atoms with Crippen LogP contribution < -0.4 is 9.64 Å². The Balaban J connectivity index is 1.85. The van der Waals surface area contributed by atoms with Crippen molar-refractivity contribution in [3.63, 3.8) is 0 Å². The molecule has 0 saturated carbocycles. The fraction of sp³-hybridized carbons (Fsp3) is 0.240. The molecule has 164 valence electrons. The smallest absolute Gasteiger partial charge is 0.301 e. The first kappa shape index (κ1) is 21.4. The number of rotatable bonds is 5. The molecule has 1 amide bonds. The summed E-state index contributed by atoms with van der Waals surface area (Å²) in [4.78, 5) is 27.4. The Morgan fingerprint density at radius 1 is 1.06 bits per heavy atom. The summed E-state index contributed by atoms with van der Waals surface area (Å²) in [5.41, 5.74) is 2.12. The number of ketones is 1. The Bertz CT molecular complexity index is 1190. The van der Waals surface area contributed by atoms with E-state index in [4.69, 9.17) is 9.26 Å². The number of anilines is 1. The summed E-state index contributed by atoms with van der Waals surface area (Å²) in [5.74, 6) is -0.445. The molecular formula is C25H24N2O5. The fourth-order valence-electron chi connectivity index (χ4n) is 3.72. The Labute approximate surface area is 185 Å². The van der Waals surface area contributed by atoms with Gasteiger partial charge in [0, 0.05) is 11.6 Å². The third kappa shape index (κ3) is 3.89. The van der Waals surface area contributed by atoms with E-state index in [0.29, 0.717) is 22.6 Å². The zero-order valence-corrected chi connectivity index (χ0v) is 18.3. The van der Waals surface area contributed by atoms with Gasteiger partial charge in [-0.15, -0.1) is 0 Å². The van der Waals surface area contributed by atoms with E-state index in [1.807, 2.05) is 45.0 Å². The molecule has 0 aliphatic carbocycles. The van der Waals surface area contributed by atoms with E-state index in [1.54, 1.807) is 37.3 Å². The molecule has 1 atom stereocenters. The van der Waals surface area contributed by atoms with Crippen molar-refractivity contribution in [2.75, 3.05) is 4.90 Å². The molecule has 7 nitrogen and oxygen atoms in total. The van der Waals surface area contributed by atoms with Crippen LogP contribution in [0.4, 0.5) is 5.82 Å². The van der Waals surface area contributed by atoms with E-state index in [-0.39, 0.29) is 23.3 Å². The van der Waals surface area contributed by atoms with Crippen molar-refractivity contribution in [3.8, 4) is 5.75 Å². The van der Waals surface area contributed by atoms with Gasteiger partial charge in [0.15, 0.2) is 5.82 Å². The largest absolute Gasteiger partial charge is 0.507 e. The maximum Gasteiger partial charge on any atom is 0.301 e. The number of hydrogen-bond donors (Lipinski definition) is 1. The number of benzene rings is 2. The van der Waals surface area contributed by atoms with Crippen molar-refractivity contribution in [3.05, 3.63) is 82.6 Å². The predicted molar refractivity (Wildman–Crippen MR) is 119 cm³/mol. The molecule has 1 N–H and O–H groups in total. The zero-order chi connectivity index (χ0) is 23.0. The molecule has 1 saturated heterocycles. The summed E-state index contributed by atoms with van der Waals surface area (Å²) >= 11 is 0. The highest BCUT2D eigenvalue weighted by Crippen LogP contribution is 2.42. The molecule has 32 heavy (non-hydrogen) atoms. The minimum Gasteiger partial charge on any atom is -0.507 e. The molecule has 7 heteroatoms. The molecule has 2 heterocycles. The van der Waals surface area contributed by atoms with E-state index < -0.39 is 17.7 Å². The van der Waals surface area contributed by atoms with Crippen LogP contribution in [-0.4, -0.2) is 28.1 Å². The summed E-state index contributed by atoms with van der Waals surface area (Å²) in [6, 6.07) is 14.9. The molecule has 1 fully saturated rings. The SMILES string of the molecule is Cc1ccc([C@@H]2/C(=C(\O)c3ccc(OC(C)C)cc3)C(=O)C(=O)N2c2cc(C)on2)cc1. The molecule has 0 unspecified atom stereocenters. The summed E-state index contributed by atoms with van der Waals surface area (Å²) < 4.78 is 10.8. The first-order chi connectivity index (χ1) is 15.3. The standard InChI is InChI=1S/C25H24N2O5/c1-14(2)31-19-11-9-18(10-12-19)23(28)21-22(17-7-5-15(3)6-8-17)27(25(30)24(21)29)20-13-16(4)32-26-20/h5-14,22,28H,1-4H3/b23-21+/t22-/m1/s1. The minimum atomic E-state index is -0.841. The quantitative estimate of drug-likeness (QED) is 0.357. The molecule has 4 rings (SSSR count). The van der Waals surface area contributed by atoms with Crippen molar-refractivity contribution in [2.24, 2.45) is 0 Å². The Hall–Kier alpha value is -3.87. The Morgan fingerprint density at radius 2 is 1.72 bits per heavy atom. The molecule has 1 aromatic heterocycles. The summed E-state index contributed by atoms with van der Waals surface area (Å²) in [6.07, 6.45) is 0.00669. The second-order valence-electron chi connectivity index (χ2n) is 8.07. The predicted octanol–water partition coefficient (Wildman–Crippen LogP) is 4.70. The van der Waals surface area contributed by atoms with Gasteiger partial charge >= 0.3 is 5.91 Å². The first-order valence-electron chi connectivity index (χ1n) is 10.3. The molecule has 0 radical (unpaired) electrons. The molecule has 0 bridgehead atoms. The third-order valence-corrected chi connectivity index (χ3v) is 5.20. The number of amides is 1. The molecule has 0 spiro atoms. The van der Waals surface area contributed by atoms with Crippen LogP contribution in [0.1, 0.15) is 42.3 Å². The summed E-state index contributed by atoms with van der Waals surface area (Å²) in [5, 5.41) is 15.1. The first-order valence-corrected chi connectivity index (χ1v) is 10.3. The van der Waals surface area contributed by atoms with Gasteiger partial charge in [0.25, 0.3) is 5.78 Å². The number of aromatic nitrogens is 1. The van der Waals surface area contributed by atoms with Crippen LogP contribution in [0.25, 0.3) is 5.76 Å². The second kappa shape index (κ2) is 8.34. The van der Waals surface area contributed by atoms with Gasteiger partial charge in [-0.25, -0.2) is 0 Å². The van der Waals surface area contributed by atoms with Crippen molar-refractivity contribution in [1.82, 2.24) is 5.16 Å². The number of carbonyl (C=O) groups excluding carboxylic acids is 2. The van der Waals surface area contributed by atoms with Crippen LogP contribution >= 0.6 is 0 Å². The van der Waals surface area contributed by atoms with Gasteiger partial charge in [-0.2, -0.15) is 0 Å². The number of ether oxygens (including phenoxy) is 1. The van der Waals surface area contributed by atoms with Crippen molar-refractivity contribution >= 4 is 23.3 Å². The van der Waals surface area contributed by atoms with Crippen LogP contribution in [0.5, 0.6) is 5.75 Å². The highest BCUT2D eigenvalue weighted by molar-refractivity contribution is 6.51. The van der Waals surface area contributed by atoms with Gasteiger partial charge in [0.1, 0.15) is 17.3 Å². The number of nitrogens with zero attached hydrogens (tertiary/aromatic N) is 2. The number of aliphatic hydroxyl groups is 1. The lowest BCUT2D eigenvalue weighted by Gasteiger charge is -2.23. The highest BCUT2D eigenvalue weighted by atomic mass is 16.5. The second-order valence-corrected chi connectivity index (χ2v) is 8.07. The highest BCUT2D eigenvalue weighted by Gasteiger charge is 2.48. The van der Waals surface area contributed by atoms with Gasteiger partial charge in [0.05, 0.1) is 17.7 Å². The maximum absolute atomic E-state index is 13.1. The number of Topliss-reactive ketones (excluding diaryl/α,β-unsaturated/α-hetero) is 1. The van der Waals surface area contributed by atoms with E-state index in [1.165, 1.54) is 4.90 Å². The third-order valence-electron chi connectivity index (χ3n) is 5.20. The number of hydrogen-bond acceptors (Lipinski definition) is 6. The summed E-state index contributed by atoms with van der Waals surface area (Å²) in [6.45, 7) is 7.49. The zero-order valence-electron chi connectivity index (χ0n) is 18.3. The number of aliphatic hydroxyl groups excluding tert-OH is 1. The summed E-state index contributed by atoms with van der Waals surface area (Å²) in [7, 11) is 0. The van der Waals surface area contributed by atoms with Crippen LogP contribution in [0.3, 0.4) is 0 Å². The topological polar surface area (TPSA) is 92.9 Å². The van der Waals surface area contributed by atoms with Gasteiger partial charge in [0.2, 0.25) is 0 Å². The molecule has 1 aliphatic rings. The lowest BCUT2D eigenvalue weighted by atomic mass is 9.94. The number of aryl methyl sites for hydroxylation is 2. The van der Waals surface area contributed by atoms with Crippen LogP contribution in [0, 0.1) is 13.8 Å².